The van der Waals surface area contributed by atoms with Crippen molar-refractivity contribution in [3.05, 3.63) is 95.6 Å². The molecule has 0 bridgehead atoms. The lowest BCUT2D eigenvalue weighted by molar-refractivity contribution is -0.203. The van der Waals surface area contributed by atoms with Crippen molar-refractivity contribution in [2.45, 2.75) is 30.2 Å². The first kappa shape index (κ1) is 26.5. The van der Waals surface area contributed by atoms with E-state index in [0.717, 1.165) is 23.4 Å². The average Bonchev–Trinajstić information content (AvgIpc) is 3.22. The van der Waals surface area contributed by atoms with Gasteiger partial charge >= 0.3 is 0 Å². The second-order valence-corrected chi connectivity index (χ2v) is 10.4. The highest BCUT2D eigenvalue weighted by Gasteiger charge is 2.42. The van der Waals surface area contributed by atoms with Crippen molar-refractivity contribution in [2.24, 2.45) is 0 Å². The first-order valence-electron chi connectivity index (χ1n) is 11.6. The van der Waals surface area contributed by atoms with Crippen LogP contribution in [0.3, 0.4) is 0 Å². The highest BCUT2D eigenvalue weighted by molar-refractivity contribution is 7.50. The third-order valence-corrected chi connectivity index (χ3v) is 6.85. The van der Waals surface area contributed by atoms with E-state index in [2.05, 4.69) is 0 Å². The Morgan fingerprint density at radius 3 is 1.89 bits per heavy atom. The van der Waals surface area contributed by atoms with Gasteiger partial charge in [-0.05, 0) is 47.4 Å². The predicted molar refractivity (Wildman–Crippen MR) is 136 cm³/mol. The van der Waals surface area contributed by atoms with Gasteiger partial charge in [0.2, 0.25) is 0 Å². The minimum absolute atomic E-state index is 0.0331. The lowest BCUT2D eigenvalue weighted by Crippen LogP contribution is -2.38. The molecule has 0 saturated carbocycles. The average molecular weight is 507 g/mol. The number of hydrogen-bond acceptors (Lipinski definition) is 7. The fraction of sp³-hybridized carbons (Fsp3) is 0.333. The van der Waals surface area contributed by atoms with Crippen molar-refractivity contribution in [2.75, 3.05) is 27.5 Å². The van der Waals surface area contributed by atoms with Gasteiger partial charge in [0.05, 0.1) is 26.9 Å². The van der Waals surface area contributed by atoms with E-state index >= 15 is 0 Å². The summed E-state index contributed by atoms with van der Waals surface area (Å²) in [5.74, 6) is 1.42. The van der Waals surface area contributed by atoms with Gasteiger partial charge in [-0.1, -0.05) is 54.6 Å². The topological polar surface area (TPSA) is 86.3 Å². The van der Waals surface area contributed by atoms with Crippen molar-refractivity contribution < 1.29 is 32.9 Å². The Morgan fingerprint density at radius 2 is 1.42 bits per heavy atom. The summed E-state index contributed by atoms with van der Waals surface area (Å²) in [7, 11) is 5.22. The van der Waals surface area contributed by atoms with Crippen LogP contribution in [0.25, 0.3) is 0 Å². The number of ether oxygens (including phenoxy) is 4. The molecule has 0 spiro atoms. The molecule has 0 amide bonds. The van der Waals surface area contributed by atoms with Crippen LogP contribution in [0.4, 0.5) is 0 Å². The lowest BCUT2D eigenvalue weighted by atomic mass is 9.80. The molecule has 2 radical (unpaired) electrons. The molecule has 0 aromatic heterocycles. The molecule has 1 heterocycles. The third kappa shape index (κ3) is 5.85. The molecule has 1 aliphatic heterocycles. The molecule has 1 unspecified atom stereocenters. The number of methoxy groups -OCH3 is 2. The fourth-order valence-corrected chi connectivity index (χ4v) is 5.25. The Hall–Kier alpha value is -2.61. The zero-order valence-corrected chi connectivity index (χ0v) is 21.4. The molecule has 1 saturated heterocycles. The molecule has 4 rings (SSSR count). The Morgan fingerprint density at radius 1 is 0.917 bits per heavy atom. The lowest BCUT2D eigenvalue weighted by Gasteiger charge is -2.37. The van der Waals surface area contributed by atoms with Crippen molar-refractivity contribution in [3.8, 4) is 11.5 Å². The van der Waals surface area contributed by atoms with Crippen LogP contribution in [0.2, 0.25) is 0 Å². The predicted octanol–water partition coefficient (Wildman–Crippen LogP) is 3.86. The molecular weight excluding hydrogens is 478 g/mol. The normalized spacial score (nSPS) is 21.6. The maximum Gasteiger partial charge on any atom is 0.143 e. The van der Waals surface area contributed by atoms with E-state index in [1.165, 1.54) is 0 Å². The first-order chi connectivity index (χ1) is 17.2. The fourth-order valence-electron chi connectivity index (χ4n) is 4.53. The van der Waals surface area contributed by atoms with Crippen molar-refractivity contribution >= 4 is 15.4 Å². The number of rotatable bonds is 10. The molecule has 36 heavy (non-hydrogen) atoms. The van der Waals surface area contributed by atoms with Crippen LogP contribution < -0.4 is 14.4 Å². The Bertz CT molecular complexity index is 1120. The zero-order valence-electron chi connectivity index (χ0n) is 20.5. The number of hydrogen-bond donors (Lipinski definition) is 0. The SMILES string of the molecule is [B][C@H]1C[C@@H](OP(C)(=O)[O-])[C@@H](COC(c2ccccc2)(c2ccc(OC)cc2)c2ccc(OC)cc2)O1. The van der Waals surface area contributed by atoms with Crippen LogP contribution in [0.15, 0.2) is 78.9 Å². The molecule has 1 fully saturated rings. The van der Waals surface area contributed by atoms with Gasteiger partial charge in [-0.15, -0.1) is 0 Å². The Kier molecular flexibility index (Phi) is 8.23. The van der Waals surface area contributed by atoms with E-state index in [1.54, 1.807) is 14.2 Å². The molecule has 4 atom stereocenters. The van der Waals surface area contributed by atoms with E-state index < -0.39 is 31.4 Å². The van der Waals surface area contributed by atoms with Crippen LogP contribution in [0, 0.1) is 0 Å². The van der Waals surface area contributed by atoms with E-state index in [0.29, 0.717) is 11.5 Å². The summed E-state index contributed by atoms with van der Waals surface area (Å²) in [5.41, 5.74) is 1.52. The summed E-state index contributed by atoms with van der Waals surface area (Å²) in [4.78, 5) is 11.9. The van der Waals surface area contributed by atoms with E-state index in [1.807, 2.05) is 78.9 Å². The quantitative estimate of drug-likeness (QED) is 0.234. The Balaban J connectivity index is 1.80. The largest absolute Gasteiger partial charge is 0.779 e. The van der Waals surface area contributed by atoms with E-state index in [-0.39, 0.29) is 13.0 Å². The van der Waals surface area contributed by atoms with Crippen molar-refractivity contribution in [1.82, 2.24) is 0 Å². The third-order valence-electron chi connectivity index (χ3n) is 6.19. The smallest absolute Gasteiger partial charge is 0.143 e. The monoisotopic (exact) mass is 507 g/mol. The summed E-state index contributed by atoms with van der Waals surface area (Å²) in [6, 6.07) is 24.4. The summed E-state index contributed by atoms with van der Waals surface area (Å²) in [5, 5.41) is 0. The minimum Gasteiger partial charge on any atom is -0.779 e. The maximum atomic E-state index is 11.9. The Labute approximate surface area is 213 Å². The second kappa shape index (κ2) is 11.2. The van der Waals surface area contributed by atoms with Gasteiger partial charge in [-0.25, -0.2) is 0 Å². The van der Waals surface area contributed by atoms with Gasteiger partial charge in [-0.2, -0.15) is 0 Å². The van der Waals surface area contributed by atoms with Gasteiger partial charge in [0, 0.05) is 12.7 Å². The molecule has 0 aliphatic carbocycles. The zero-order chi connectivity index (χ0) is 25.8. The first-order valence-corrected chi connectivity index (χ1v) is 13.6. The molecule has 0 N–H and O–H groups in total. The van der Waals surface area contributed by atoms with Crippen LogP contribution in [0.1, 0.15) is 23.1 Å². The van der Waals surface area contributed by atoms with Crippen LogP contribution in [-0.2, 0) is 24.2 Å². The molecule has 7 nitrogen and oxygen atoms in total. The van der Waals surface area contributed by atoms with Crippen LogP contribution in [0.5, 0.6) is 11.5 Å². The number of benzene rings is 3. The van der Waals surface area contributed by atoms with E-state index in [4.69, 9.17) is 31.3 Å². The standard InChI is InChI=1S/C27H30BO7P/c1-31-22-13-9-20(10-14-22)27(19-7-5-4-6-8-19,21-11-15-23(32-2)16-12-21)33-18-25-24(17-26(28)34-25)35-36(3,29)30/h4-16,24-26H,17-18H2,1-3H3,(H,29,30)/p-1/t24-,25-,26-/m1/s1. The maximum absolute atomic E-state index is 11.9. The van der Waals surface area contributed by atoms with Gasteiger partial charge in [0.25, 0.3) is 0 Å². The molecule has 9 heteroatoms. The minimum atomic E-state index is -4.00. The summed E-state index contributed by atoms with van der Waals surface area (Å²) in [6.07, 6.45) is -1.17. The molecular formula is C27H29BO7P-. The van der Waals surface area contributed by atoms with Crippen molar-refractivity contribution in [3.63, 3.8) is 0 Å². The van der Waals surface area contributed by atoms with Gasteiger partial charge in [0.1, 0.15) is 38.6 Å². The van der Waals surface area contributed by atoms with Crippen LogP contribution in [-0.4, -0.2) is 53.5 Å². The van der Waals surface area contributed by atoms with Gasteiger partial charge in [0.15, 0.2) is 0 Å². The highest BCUT2D eigenvalue weighted by atomic mass is 31.2. The van der Waals surface area contributed by atoms with Gasteiger partial charge in [-0.3, -0.25) is 0 Å². The molecule has 3 aromatic carbocycles. The molecule has 1 aliphatic rings. The molecule has 3 aromatic rings. The van der Waals surface area contributed by atoms with Crippen LogP contribution >= 0.6 is 7.60 Å². The summed E-state index contributed by atoms with van der Waals surface area (Å²) in [6.45, 7) is 1.07. The van der Waals surface area contributed by atoms with Crippen molar-refractivity contribution in [1.29, 1.82) is 0 Å². The molecule has 188 valence electrons. The summed E-state index contributed by atoms with van der Waals surface area (Å²) < 4.78 is 40.5. The van der Waals surface area contributed by atoms with E-state index in [9.17, 15) is 9.46 Å². The summed E-state index contributed by atoms with van der Waals surface area (Å²) >= 11 is 0. The van der Waals surface area contributed by atoms with Gasteiger partial charge < -0.3 is 32.9 Å². The second-order valence-electron chi connectivity index (χ2n) is 8.68. The highest BCUT2D eigenvalue weighted by Crippen LogP contribution is 2.43.